The Morgan fingerprint density at radius 1 is 0.735 bits per heavy atom. The lowest BCUT2D eigenvalue weighted by atomic mass is 9.52. The minimum Gasteiger partial charge on any atom is -0.472 e. The maximum atomic E-state index is 7.66. The predicted octanol–water partition coefficient (Wildman–Crippen LogP) is 12.2. The molecule has 0 N–H and O–H groups in total. The van der Waals surface area contributed by atoms with Crippen LogP contribution in [0.1, 0.15) is 107 Å². The van der Waals surface area contributed by atoms with Gasteiger partial charge in [-0.1, -0.05) is 112 Å². The third kappa shape index (κ3) is 4.80. The highest BCUT2D eigenvalue weighted by Crippen LogP contribution is 2.67. The number of aryl methyl sites for hydroxylation is 1. The van der Waals surface area contributed by atoms with Crippen molar-refractivity contribution in [2.75, 3.05) is 18.0 Å². The molecule has 9 rings (SSSR count). The summed E-state index contributed by atoms with van der Waals surface area (Å²) >= 11 is 0. The summed E-state index contributed by atoms with van der Waals surface area (Å²) in [5, 5.41) is 2.54. The Hall–Kier alpha value is -4.04. The molecule has 4 aromatic rings. The summed E-state index contributed by atoms with van der Waals surface area (Å²) in [7, 11) is 0. The number of ether oxygens (including phenoxy) is 1. The monoisotopic (exact) mass is 645 g/mol. The van der Waals surface area contributed by atoms with Gasteiger partial charge in [-0.3, -0.25) is 0 Å². The second kappa shape index (κ2) is 11.0. The minimum absolute atomic E-state index is 0.0998. The van der Waals surface area contributed by atoms with E-state index in [0.29, 0.717) is 0 Å². The first-order chi connectivity index (χ1) is 23.6. The molecule has 0 bridgehead atoms. The first-order valence-corrected chi connectivity index (χ1v) is 18.9. The van der Waals surface area contributed by atoms with Crippen molar-refractivity contribution < 1.29 is 4.74 Å². The standard InChI is InChI=1S/C47H51NO/c1-32-18-20-34(21-19-32)47(33-14-8-6-9-15-33)25-24-39-42-41(36-16-10-11-17-37(36)43(39)49-47)38-23-22-35(48-26-12-7-13-27-48)28-40(38)46(42)30-44(2,3)29-45(4,5)31-46/h8,10-11,14-25,28H,6-7,9,12-13,26-27,29-31H2,1-5H3. The van der Waals surface area contributed by atoms with E-state index < -0.39 is 5.60 Å². The van der Waals surface area contributed by atoms with Crippen LogP contribution in [0.2, 0.25) is 0 Å². The van der Waals surface area contributed by atoms with Gasteiger partial charge in [-0.15, -0.1) is 0 Å². The molecule has 1 unspecified atom stereocenters. The summed E-state index contributed by atoms with van der Waals surface area (Å²) in [4.78, 5) is 2.65. The lowest BCUT2D eigenvalue weighted by molar-refractivity contribution is 0.0642. The Morgan fingerprint density at radius 3 is 2.18 bits per heavy atom. The normalized spacial score (nSPS) is 24.3. The van der Waals surface area contributed by atoms with Crippen LogP contribution in [0, 0.1) is 17.8 Å². The predicted molar refractivity (Wildman–Crippen MR) is 207 cm³/mol. The first-order valence-electron chi connectivity index (χ1n) is 18.9. The number of rotatable bonds is 3. The topological polar surface area (TPSA) is 12.5 Å². The maximum Gasteiger partial charge on any atom is 0.177 e. The van der Waals surface area contributed by atoms with Gasteiger partial charge in [-0.05, 0) is 121 Å². The van der Waals surface area contributed by atoms with Gasteiger partial charge in [-0.25, -0.2) is 0 Å². The molecule has 5 aliphatic rings. The Balaban J connectivity index is 1.34. The van der Waals surface area contributed by atoms with E-state index in [0.717, 1.165) is 44.5 Å². The van der Waals surface area contributed by atoms with Crippen LogP contribution >= 0.6 is 0 Å². The number of benzene rings is 4. The zero-order valence-electron chi connectivity index (χ0n) is 30.2. The number of piperidine rings is 1. The molecule has 1 atom stereocenters. The van der Waals surface area contributed by atoms with Crippen molar-refractivity contribution in [2.24, 2.45) is 10.8 Å². The summed E-state index contributed by atoms with van der Waals surface area (Å²) in [6.07, 6.45) is 21.4. The first kappa shape index (κ1) is 31.0. The van der Waals surface area contributed by atoms with E-state index in [9.17, 15) is 0 Å². The summed E-state index contributed by atoms with van der Waals surface area (Å²) < 4.78 is 7.66. The van der Waals surface area contributed by atoms with Gasteiger partial charge in [0.05, 0.1) is 0 Å². The highest BCUT2D eigenvalue weighted by Gasteiger charge is 2.55. The third-order valence-corrected chi connectivity index (χ3v) is 12.4. The van der Waals surface area contributed by atoms with Gasteiger partial charge < -0.3 is 9.64 Å². The minimum atomic E-state index is -0.681. The van der Waals surface area contributed by atoms with Gasteiger partial charge in [0.25, 0.3) is 0 Å². The number of fused-ring (bicyclic) bond motifs is 10. The highest BCUT2D eigenvalue weighted by atomic mass is 16.5. The molecule has 1 saturated carbocycles. The molecular weight excluding hydrogens is 595 g/mol. The van der Waals surface area contributed by atoms with Crippen LogP contribution in [0.3, 0.4) is 0 Å². The molecule has 4 aromatic carbocycles. The van der Waals surface area contributed by atoms with Crippen molar-refractivity contribution >= 4 is 22.5 Å². The molecule has 2 nitrogen and oxygen atoms in total. The molecule has 3 aliphatic carbocycles. The van der Waals surface area contributed by atoms with E-state index in [-0.39, 0.29) is 16.2 Å². The molecule has 1 saturated heterocycles. The fraction of sp³-hybridized carbons (Fsp3) is 0.404. The van der Waals surface area contributed by atoms with Crippen molar-refractivity contribution in [1.29, 1.82) is 0 Å². The fourth-order valence-corrected chi connectivity index (χ4v) is 11.1. The van der Waals surface area contributed by atoms with E-state index in [4.69, 9.17) is 4.74 Å². The third-order valence-electron chi connectivity index (χ3n) is 12.4. The second-order valence-corrected chi connectivity index (χ2v) is 17.4. The van der Waals surface area contributed by atoms with Gasteiger partial charge >= 0.3 is 0 Å². The van der Waals surface area contributed by atoms with Gasteiger partial charge in [0.1, 0.15) is 5.75 Å². The van der Waals surface area contributed by atoms with Gasteiger partial charge in [0, 0.05) is 40.7 Å². The maximum absolute atomic E-state index is 7.66. The Morgan fingerprint density at radius 2 is 1.47 bits per heavy atom. The van der Waals surface area contributed by atoms with E-state index in [2.05, 4.69) is 137 Å². The quantitative estimate of drug-likeness (QED) is 0.220. The number of hydrogen-bond donors (Lipinski definition) is 0. The summed E-state index contributed by atoms with van der Waals surface area (Å²) in [5.74, 6) is 1.04. The van der Waals surface area contributed by atoms with Crippen molar-refractivity contribution in [1.82, 2.24) is 0 Å². The van der Waals surface area contributed by atoms with Crippen molar-refractivity contribution in [3.63, 3.8) is 0 Å². The van der Waals surface area contributed by atoms with Gasteiger partial charge in [0.15, 0.2) is 5.60 Å². The van der Waals surface area contributed by atoms with E-state index in [1.807, 2.05) is 0 Å². The van der Waals surface area contributed by atoms with Crippen molar-refractivity contribution in [2.45, 2.75) is 97.0 Å². The summed E-state index contributed by atoms with van der Waals surface area (Å²) in [6, 6.07) is 25.6. The van der Waals surface area contributed by atoms with Crippen LogP contribution in [0.15, 0.2) is 96.6 Å². The average Bonchev–Trinajstić information content (AvgIpc) is 3.35. The zero-order chi connectivity index (χ0) is 33.6. The Kier molecular flexibility index (Phi) is 6.94. The van der Waals surface area contributed by atoms with Crippen molar-refractivity contribution in [3.05, 3.63) is 124 Å². The number of nitrogens with zero attached hydrogens (tertiary/aromatic N) is 1. The molecular formula is C47H51NO. The van der Waals surface area contributed by atoms with Gasteiger partial charge in [0.2, 0.25) is 0 Å². The highest BCUT2D eigenvalue weighted by molar-refractivity contribution is 6.09. The van der Waals surface area contributed by atoms with Crippen LogP contribution < -0.4 is 9.64 Å². The van der Waals surface area contributed by atoms with Crippen LogP contribution in [0.4, 0.5) is 5.69 Å². The number of anilines is 1. The largest absolute Gasteiger partial charge is 0.472 e. The summed E-state index contributed by atoms with van der Waals surface area (Å²) in [5.41, 5.74) is 11.9. The number of allylic oxidation sites excluding steroid dienone is 2. The van der Waals surface area contributed by atoms with Gasteiger partial charge in [-0.2, -0.15) is 0 Å². The Bertz CT molecular complexity index is 2050. The molecule has 0 radical (unpaired) electrons. The molecule has 0 aromatic heterocycles. The molecule has 0 amide bonds. The molecule has 2 aliphatic heterocycles. The average molecular weight is 646 g/mol. The lowest BCUT2D eigenvalue weighted by Gasteiger charge is -2.52. The summed E-state index contributed by atoms with van der Waals surface area (Å²) in [6.45, 7) is 14.6. The smallest absolute Gasteiger partial charge is 0.177 e. The van der Waals surface area contributed by atoms with E-state index >= 15 is 0 Å². The molecule has 2 heteroatoms. The van der Waals surface area contributed by atoms with Crippen LogP contribution in [-0.2, 0) is 11.0 Å². The van der Waals surface area contributed by atoms with E-state index in [1.165, 1.54) is 81.1 Å². The fourth-order valence-electron chi connectivity index (χ4n) is 11.1. The second-order valence-electron chi connectivity index (χ2n) is 17.4. The van der Waals surface area contributed by atoms with Crippen LogP contribution in [-0.4, -0.2) is 13.1 Å². The van der Waals surface area contributed by atoms with Crippen LogP contribution in [0.25, 0.3) is 28.0 Å². The lowest BCUT2D eigenvalue weighted by Crippen LogP contribution is -2.44. The van der Waals surface area contributed by atoms with Crippen molar-refractivity contribution in [3.8, 4) is 16.9 Å². The van der Waals surface area contributed by atoms with Crippen LogP contribution in [0.5, 0.6) is 5.75 Å². The molecule has 250 valence electrons. The zero-order valence-corrected chi connectivity index (χ0v) is 30.2. The number of hydrogen-bond acceptors (Lipinski definition) is 2. The molecule has 49 heavy (non-hydrogen) atoms. The Labute approximate surface area is 293 Å². The molecule has 2 fully saturated rings. The van der Waals surface area contributed by atoms with E-state index in [1.54, 1.807) is 5.56 Å². The SMILES string of the molecule is Cc1ccc(C2(C3=CCCC=C3)C=Cc3c4c(c5ccccc5c3O2)-c2ccc(N3CCCCC3)cc2C42CC(C)(C)CC(C)(C)C2)cc1. The molecule has 2 heterocycles. The molecule has 1 spiro atoms.